The van der Waals surface area contributed by atoms with Crippen molar-refractivity contribution < 1.29 is 9.53 Å². The van der Waals surface area contributed by atoms with Crippen molar-refractivity contribution in [3.05, 3.63) is 11.4 Å². The summed E-state index contributed by atoms with van der Waals surface area (Å²) >= 11 is 1.60. The number of nitrogens with zero attached hydrogens (tertiary/aromatic N) is 1. The molecule has 2 aliphatic rings. The predicted molar refractivity (Wildman–Crippen MR) is 87.1 cm³/mol. The lowest BCUT2D eigenvalue weighted by Gasteiger charge is -2.31. The summed E-state index contributed by atoms with van der Waals surface area (Å²) < 4.78 is 5.11. The van der Waals surface area contributed by atoms with Gasteiger partial charge < -0.3 is 15.4 Å². The van der Waals surface area contributed by atoms with E-state index in [0.29, 0.717) is 18.2 Å². The highest BCUT2D eigenvalue weighted by Crippen LogP contribution is 2.25. The van der Waals surface area contributed by atoms with Crippen LogP contribution in [0.3, 0.4) is 0 Å². The minimum Gasteiger partial charge on any atom is -0.462 e. The molecule has 6 heteroatoms. The Kier molecular flexibility index (Phi) is 5.96. The maximum atomic E-state index is 12.0. The first-order chi connectivity index (χ1) is 10.1. The molecule has 1 heterocycles. The number of hydrogen-bond donors (Lipinski definition) is 2. The molecule has 0 aromatic heterocycles. The van der Waals surface area contributed by atoms with Gasteiger partial charge in [0.05, 0.1) is 6.61 Å². The molecular weight excluding hydrogens is 286 g/mol. The summed E-state index contributed by atoms with van der Waals surface area (Å²) in [5, 5.41) is 6.78. The molecule has 1 saturated carbocycles. The number of esters is 1. The summed E-state index contributed by atoms with van der Waals surface area (Å²) in [6.45, 7) is 4.48. The second-order valence-corrected chi connectivity index (χ2v) is 6.54. The fourth-order valence-corrected chi connectivity index (χ4v) is 3.07. The van der Waals surface area contributed by atoms with E-state index < -0.39 is 0 Å². The lowest BCUT2D eigenvalue weighted by molar-refractivity contribution is -0.137. The Hall–Kier alpha value is -1.17. The highest BCUT2D eigenvalue weighted by atomic mass is 32.2. The van der Waals surface area contributed by atoms with E-state index in [1.807, 2.05) is 13.2 Å². The Bertz CT molecular complexity index is 429. The van der Waals surface area contributed by atoms with Crippen LogP contribution in [0.4, 0.5) is 0 Å². The molecule has 1 atom stereocenters. The van der Waals surface area contributed by atoms with E-state index in [4.69, 9.17) is 4.74 Å². The van der Waals surface area contributed by atoms with Crippen molar-refractivity contribution in [2.75, 3.05) is 12.9 Å². The first-order valence-corrected chi connectivity index (χ1v) is 8.93. The van der Waals surface area contributed by atoms with Crippen LogP contribution < -0.4 is 10.6 Å². The number of carbonyl (C=O) groups excluding carboxylic acids is 1. The smallest absolute Gasteiger partial charge is 0.343 e. The summed E-state index contributed by atoms with van der Waals surface area (Å²) in [4.78, 5) is 16.4. The van der Waals surface area contributed by atoms with Crippen LogP contribution in [0, 0.1) is 5.92 Å². The number of aliphatic imine (C=N–C) groups is 1. The zero-order valence-corrected chi connectivity index (χ0v) is 13.8. The van der Waals surface area contributed by atoms with E-state index in [1.165, 1.54) is 12.8 Å². The van der Waals surface area contributed by atoms with E-state index in [-0.39, 0.29) is 11.5 Å². The van der Waals surface area contributed by atoms with Crippen molar-refractivity contribution in [2.45, 2.75) is 51.1 Å². The molecule has 0 saturated heterocycles. The van der Waals surface area contributed by atoms with Crippen molar-refractivity contribution in [2.24, 2.45) is 10.9 Å². The Balaban J connectivity index is 2.08. The van der Waals surface area contributed by atoms with Gasteiger partial charge in [0.2, 0.25) is 0 Å². The van der Waals surface area contributed by atoms with Gasteiger partial charge in [0.25, 0.3) is 0 Å². The van der Waals surface area contributed by atoms with Crippen molar-refractivity contribution >= 4 is 23.9 Å². The highest BCUT2D eigenvalue weighted by Gasteiger charge is 2.25. The molecule has 21 heavy (non-hydrogen) atoms. The Labute approximate surface area is 131 Å². The van der Waals surface area contributed by atoms with Crippen LogP contribution in [0.2, 0.25) is 0 Å². The maximum absolute atomic E-state index is 12.0. The molecule has 2 N–H and O–H groups in total. The molecule has 2 rings (SSSR count). The van der Waals surface area contributed by atoms with E-state index in [1.54, 1.807) is 18.0 Å². The van der Waals surface area contributed by atoms with Crippen LogP contribution in [0.25, 0.3) is 0 Å². The molecule has 1 aliphatic heterocycles. The van der Waals surface area contributed by atoms with Crippen LogP contribution in [0.5, 0.6) is 0 Å². The van der Waals surface area contributed by atoms with Crippen LogP contribution >= 0.6 is 11.8 Å². The first kappa shape index (κ1) is 16.2. The minimum absolute atomic E-state index is 0.0480. The van der Waals surface area contributed by atoms with Gasteiger partial charge in [-0.3, -0.25) is 4.99 Å². The molecule has 1 unspecified atom stereocenters. The first-order valence-electron chi connectivity index (χ1n) is 7.64. The lowest BCUT2D eigenvalue weighted by Crippen LogP contribution is -2.43. The predicted octanol–water partition coefficient (Wildman–Crippen LogP) is 2.25. The second kappa shape index (κ2) is 7.73. The van der Waals surface area contributed by atoms with Gasteiger partial charge in [0.15, 0.2) is 5.50 Å². The second-order valence-electron chi connectivity index (χ2n) is 5.62. The average molecular weight is 311 g/mol. The number of nitrogens with one attached hydrogen (secondary N) is 2. The van der Waals surface area contributed by atoms with Gasteiger partial charge in [-0.15, -0.1) is 11.8 Å². The lowest BCUT2D eigenvalue weighted by atomic mass is 9.87. The molecule has 5 nitrogen and oxygen atoms in total. The van der Waals surface area contributed by atoms with Crippen LogP contribution in [0.15, 0.2) is 16.4 Å². The zero-order chi connectivity index (χ0) is 15.2. The summed E-state index contributed by atoms with van der Waals surface area (Å²) in [5.74, 6) is 1.25. The topological polar surface area (TPSA) is 62.7 Å². The third-order valence-electron chi connectivity index (χ3n) is 3.96. The molecular formula is C15H25N3O2S. The van der Waals surface area contributed by atoms with Crippen molar-refractivity contribution in [1.82, 2.24) is 10.6 Å². The molecule has 118 valence electrons. The third kappa shape index (κ3) is 4.40. The van der Waals surface area contributed by atoms with Gasteiger partial charge >= 0.3 is 5.97 Å². The Morgan fingerprint density at radius 2 is 2.19 bits per heavy atom. The van der Waals surface area contributed by atoms with E-state index in [2.05, 4.69) is 22.5 Å². The number of carbonyl (C=O) groups is 1. The van der Waals surface area contributed by atoms with Crippen molar-refractivity contribution in [3.8, 4) is 0 Å². The molecule has 0 bridgehead atoms. The Morgan fingerprint density at radius 3 is 2.81 bits per heavy atom. The Morgan fingerprint density at radius 1 is 1.48 bits per heavy atom. The van der Waals surface area contributed by atoms with Crippen LogP contribution in [-0.4, -0.2) is 36.6 Å². The molecule has 0 aromatic rings. The summed E-state index contributed by atoms with van der Waals surface area (Å²) in [7, 11) is 0. The highest BCUT2D eigenvalue weighted by molar-refractivity contribution is 7.99. The van der Waals surface area contributed by atoms with Crippen LogP contribution in [0.1, 0.15) is 39.5 Å². The number of thioether (sulfide) groups is 1. The molecule has 1 fully saturated rings. The van der Waals surface area contributed by atoms with Gasteiger partial charge in [0.1, 0.15) is 11.4 Å². The molecule has 0 radical (unpaired) electrons. The van der Waals surface area contributed by atoms with Gasteiger partial charge in [-0.1, -0.05) is 6.92 Å². The number of ether oxygens (including phenoxy) is 1. The van der Waals surface area contributed by atoms with Gasteiger partial charge in [0, 0.05) is 12.3 Å². The maximum Gasteiger partial charge on any atom is 0.343 e. The number of rotatable bonds is 5. The van der Waals surface area contributed by atoms with E-state index >= 15 is 0 Å². The normalized spacial score (nSPS) is 29.0. The zero-order valence-electron chi connectivity index (χ0n) is 13.0. The summed E-state index contributed by atoms with van der Waals surface area (Å²) in [6, 6.07) is 0.419. The molecule has 0 aromatic carbocycles. The number of hydrogen-bond acceptors (Lipinski definition) is 6. The SMILES string of the molecule is CCOC(=O)C1=C(NC2CCC(C)CC2)NC(SC)N=C1. The largest absolute Gasteiger partial charge is 0.462 e. The molecule has 1 aliphatic carbocycles. The fraction of sp³-hybridized carbons (Fsp3) is 0.733. The third-order valence-corrected chi connectivity index (χ3v) is 4.65. The van der Waals surface area contributed by atoms with Crippen LogP contribution in [-0.2, 0) is 9.53 Å². The monoisotopic (exact) mass is 311 g/mol. The van der Waals surface area contributed by atoms with Crippen molar-refractivity contribution in [3.63, 3.8) is 0 Å². The van der Waals surface area contributed by atoms with Gasteiger partial charge in [-0.05, 0) is 44.8 Å². The fourth-order valence-electron chi connectivity index (χ4n) is 2.66. The summed E-state index contributed by atoms with van der Waals surface area (Å²) in [5.41, 5.74) is 0.453. The minimum atomic E-state index is -0.319. The standard InChI is InChI=1S/C15H25N3O2S/c1-4-20-14(19)12-9-16-15(21-3)18-13(12)17-11-7-5-10(2)6-8-11/h9-11,15,17-18H,4-8H2,1-3H3. The average Bonchev–Trinajstić information content (AvgIpc) is 2.49. The van der Waals surface area contributed by atoms with E-state index in [9.17, 15) is 4.79 Å². The van der Waals surface area contributed by atoms with E-state index in [0.717, 1.165) is 24.6 Å². The molecule has 0 amide bonds. The van der Waals surface area contributed by atoms with Gasteiger partial charge in [-0.2, -0.15) is 0 Å². The van der Waals surface area contributed by atoms with Gasteiger partial charge in [-0.25, -0.2) is 4.79 Å². The van der Waals surface area contributed by atoms with Crippen molar-refractivity contribution in [1.29, 1.82) is 0 Å². The molecule has 0 spiro atoms. The quantitative estimate of drug-likeness (QED) is 0.763. The summed E-state index contributed by atoms with van der Waals surface area (Å²) in [6.07, 6.45) is 8.38.